The largest absolute Gasteiger partial charge is 0.463 e. The van der Waals surface area contributed by atoms with Crippen molar-refractivity contribution < 1.29 is 4.74 Å². The molecule has 1 aliphatic heterocycles. The quantitative estimate of drug-likeness (QED) is 0.875. The standard InChI is InChI=1S/C13H23N5O/c1-4-8-19-13-16-11(14)15-12(17-13)18-7-5-6-10(18)9(2)3/h9-10H,4-8H2,1-3H3,(H2,14,15,16,17). The number of nitrogens with zero attached hydrogens (tertiary/aromatic N) is 4. The summed E-state index contributed by atoms with van der Waals surface area (Å²) in [6, 6.07) is 0.805. The van der Waals surface area contributed by atoms with E-state index in [1.165, 1.54) is 12.8 Å². The van der Waals surface area contributed by atoms with Crippen LogP contribution in [0.15, 0.2) is 0 Å². The van der Waals surface area contributed by atoms with Crippen molar-refractivity contribution in [2.45, 2.75) is 46.1 Å². The van der Waals surface area contributed by atoms with Crippen molar-refractivity contribution in [3.63, 3.8) is 0 Å². The van der Waals surface area contributed by atoms with Crippen LogP contribution in [-0.4, -0.2) is 34.1 Å². The van der Waals surface area contributed by atoms with Gasteiger partial charge in [-0.3, -0.25) is 0 Å². The molecule has 6 nitrogen and oxygen atoms in total. The van der Waals surface area contributed by atoms with Gasteiger partial charge in [-0.05, 0) is 25.2 Å². The number of hydrogen-bond acceptors (Lipinski definition) is 6. The molecule has 1 aromatic heterocycles. The topological polar surface area (TPSA) is 77.2 Å². The van der Waals surface area contributed by atoms with Gasteiger partial charge in [-0.1, -0.05) is 20.8 Å². The monoisotopic (exact) mass is 265 g/mol. The highest BCUT2D eigenvalue weighted by Crippen LogP contribution is 2.28. The van der Waals surface area contributed by atoms with Crippen molar-refractivity contribution in [2.75, 3.05) is 23.8 Å². The summed E-state index contributed by atoms with van der Waals surface area (Å²) < 4.78 is 5.46. The number of hydrogen-bond donors (Lipinski definition) is 1. The Morgan fingerprint density at radius 3 is 2.84 bits per heavy atom. The number of nitrogen functional groups attached to an aromatic ring is 1. The average Bonchev–Trinajstić information content (AvgIpc) is 2.85. The second-order valence-corrected chi connectivity index (χ2v) is 5.27. The van der Waals surface area contributed by atoms with Crippen LogP contribution in [0.3, 0.4) is 0 Å². The summed E-state index contributed by atoms with van der Waals surface area (Å²) >= 11 is 0. The lowest BCUT2D eigenvalue weighted by Gasteiger charge is -2.27. The zero-order chi connectivity index (χ0) is 13.8. The lowest BCUT2D eigenvalue weighted by molar-refractivity contribution is 0.291. The number of rotatable bonds is 5. The molecule has 1 aliphatic rings. The van der Waals surface area contributed by atoms with Crippen molar-refractivity contribution in [1.82, 2.24) is 15.0 Å². The Balaban J connectivity index is 2.21. The fourth-order valence-corrected chi connectivity index (χ4v) is 2.48. The normalized spacial score (nSPS) is 19.2. The van der Waals surface area contributed by atoms with Crippen LogP contribution < -0.4 is 15.4 Å². The van der Waals surface area contributed by atoms with Gasteiger partial charge < -0.3 is 15.4 Å². The van der Waals surface area contributed by atoms with Crippen molar-refractivity contribution >= 4 is 11.9 Å². The fourth-order valence-electron chi connectivity index (χ4n) is 2.48. The lowest BCUT2D eigenvalue weighted by atomic mass is 10.0. The second kappa shape index (κ2) is 6.04. The number of anilines is 2. The molecule has 0 spiro atoms. The van der Waals surface area contributed by atoms with Crippen LogP contribution in [0.4, 0.5) is 11.9 Å². The minimum absolute atomic E-state index is 0.227. The Morgan fingerprint density at radius 1 is 1.37 bits per heavy atom. The van der Waals surface area contributed by atoms with Gasteiger partial charge in [0.15, 0.2) is 0 Å². The zero-order valence-corrected chi connectivity index (χ0v) is 12.0. The molecule has 0 aliphatic carbocycles. The predicted octanol–water partition coefficient (Wildman–Crippen LogP) is 1.87. The second-order valence-electron chi connectivity index (χ2n) is 5.27. The molecular weight excluding hydrogens is 242 g/mol. The summed E-state index contributed by atoms with van der Waals surface area (Å²) in [6.07, 6.45) is 3.26. The third-order valence-corrected chi connectivity index (χ3v) is 3.38. The van der Waals surface area contributed by atoms with E-state index in [0.29, 0.717) is 30.5 Å². The molecular formula is C13H23N5O. The maximum Gasteiger partial charge on any atom is 0.323 e. The first-order valence-corrected chi connectivity index (χ1v) is 7.02. The molecule has 2 rings (SSSR count). The molecule has 1 aromatic rings. The van der Waals surface area contributed by atoms with Crippen LogP contribution in [0, 0.1) is 5.92 Å². The zero-order valence-electron chi connectivity index (χ0n) is 12.0. The van der Waals surface area contributed by atoms with E-state index in [1.807, 2.05) is 6.92 Å². The van der Waals surface area contributed by atoms with E-state index >= 15 is 0 Å². The maximum atomic E-state index is 5.75. The van der Waals surface area contributed by atoms with Gasteiger partial charge >= 0.3 is 6.01 Å². The van der Waals surface area contributed by atoms with E-state index in [1.54, 1.807) is 0 Å². The lowest BCUT2D eigenvalue weighted by Crippen LogP contribution is -2.35. The fraction of sp³-hybridized carbons (Fsp3) is 0.769. The van der Waals surface area contributed by atoms with E-state index in [9.17, 15) is 0 Å². The van der Waals surface area contributed by atoms with Gasteiger partial charge in [0.05, 0.1) is 6.61 Å². The molecule has 0 radical (unpaired) electrons. The van der Waals surface area contributed by atoms with Gasteiger partial charge in [-0.25, -0.2) is 0 Å². The Labute approximate surface area is 114 Å². The van der Waals surface area contributed by atoms with Crippen molar-refractivity contribution in [3.8, 4) is 6.01 Å². The van der Waals surface area contributed by atoms with Crippen LogP contribution in [0.25, 0.3) is 0 Å². The van der Waals surface area contributed by atoms with E-state index in [0.717, 1.165) is 13.0 Å². The molecule has 19 heavy (non-hydrogen) atoms. The smallest absolute Gasteiger partial charge is 0.323 e. The average molecular weight is 265 g/mol. The Kier molecular flexibility index (Phi) is 4.39. The van der Waals surface area contributed by atoms with E-state index in [2.05, 4.69) is 33.7 Å². The summed E-state index contributed by atoms with van der Waals surface area (Å²) in [5, 5.41) is 0. The summed E-state index contributed by atoms with van der Waals surface area (Å²) in [4.78, 5) is 14.9. The van der Waals surface area contributed by atoms with Crippen LogP contribution in [0.5, 0.6) is 6.01 Å². The van der Waals surface area contributed by atoms with Gasteiger partial charge in [0.2, 0.25) is 11.9 Å². The molecule has 2 N–H and O–H groups in total. The number of aromatic nitrogens is 3. The molecule has 1 fully saturated rings. The van der Waals surface area contributed by atoms with Crippen molar-refractivity contribution in [1.29, 1.82) is 0 Å². The van der Waals surface area contributed by atoms with E-state index in [4.69, 9.17) is 10.5 Å². The Morgan fingerprint density at radius 2 is 2.16 bits per heavy atom. The van der Waals surface area contributed by atoms with Gasteiger partial charge in [0.1, 0.15) is 0 Å². The summed E-state index contributed by atoms with van der Waals surface area (Å²) in [7, 11) is 0. The third-order valence-electron chi connectivity index (χ3n) is 3.38. The van der Waals surface area contributed by atoms with Crippen molar-refractivity contribution in [3.05, 3.63) is 0 Å². The van der Waals surface area contributed by atoms with Crippen LogP contribution in [-0.2, 0) is 0 Å². The van der Waals surface area contributed by atoms with Crippen molar-refractivity contribution in [2.24, 2.45) is 5.92 Å². The molecule has 1 saturated heterocycles. The molecule has 0 aromatic carbocycles. The van der Waals surface area contributed by atoms with Gasteiger partial charge in [-0.15, -0.1) is 0 Å². The van der Waals surface area contributed by atoms with Crippen LogP contribution >= 0.6 is 0 Å². The maximum absolute atomic E-state index is 5.75. The molecule has 1 unspecified atom stereocenters. The SMILES string of the molecule is CCCOc1nc(N)nc(N2CCCC2C(C)C)n1. The summed E-state index contributed by atoms with van der Waals surface area (Å²) in [5.74, 6) is 1.45. The molecule has 2 heterocycles. The first kappa shape index (κ1) is 13.8. The Bertz CT molecular complexity index is 423. The number of nitrogens with two attached hydrogens (primary N) is 1. The molecule has 106 valence electrons. The highest BCUT2D eigenvalue weighted by atomic mass is 16.5. The first-order chi connectivity index (χ1) is 9.11. The van der Waals surface area contributed by atoms with E-state index in [-0.39, 0.29) is 5.95 Å². The molecule has 0 bridgehead atoms. The van der Waals surface area contributed by atoms with Gasteiger partial charge in [0, 0.05) is 12.6 Å². The van der Waals surface area contributed by atoms with E-state index < -0.39 is 0 Å². The van der Waals surface area contributed by atoms with Crippen LogP contribution in [0.2, 0.25) is 0 Å². The van der Waals surface area contributed by atoms with Crippen LogP contribution in [0.1, 0.15) is 40.0 Å². The van der Waals surface area contributed by atoms with Gasteiger partial charge in [0.25, 0.3) is 0 Å². The predicted molar refractivity (Wildman–Crippen MR) is 75.2 cm³/mol. The number of ether oxygens (including phenoxy) is 1. The molecule has 6 heteroatoms. The molecule has 0 amide bonds. The first-order valence-electron chi connectivity index (χ1n) is 7.02. The highest BCUT2D eigenvalue weighted by molar-refractivity contribution is 5.38. The third kappa shape index (κ3) is 3.24. The molecule has 0 saturated carbocycles. The summed E-state index contributed by atoms with van der Waals surface area (Å²) in [5.41, 5.74) is 5.75. The molecule has 1 atom stereocenters. The minimum Gasteiger partial charge on any atom is -0.463 e. The minimum atomic E-state index is 0.227. The summed E-state index contributed by atoms with van der Waals surface area (Å²) in [6.45, 7) is 8.06. The highest BCUT2D eigenvalue weighted by Gasteiger charge is 2.29. The van der Waals surface area contributed by atoms with Gasteiger partial charge in [-0.2, -0.15) is 15.0 Å². The Hall–Kier alpha value is -1.59.